The summed E-state index contributed by atoms with van der Waals surface area (Å²) in [6.45, 7) is 0. The molecular weight excluding hydrogens is 258 g/mol. The van der Waals surface area contributed by atoms with E-state index in [-0.39, 0.29) is 42.4 Å². The summed E-state index contributed by atoms with van der Waals surface area (Å²) in [5.41, 5.74) is 0. The van der Waals surface area contributed by atoms with E-state index in [0.29, 0.717) is 4.50 Å². The van der Waals surface area contributed by atoms with Gasteiger partial charge in [-0.05, 0) is 0 Å². The molecule has 4 heteroatoms. The summed E-state index contributed by atoms with van der Waals surface area (Å²) in [4.78, 5) is 9.06. The standard InChI is InChI=1S/CHO.2Ag.H2N/c1-2;;;/h1H;;;1H2/q;;+1;-1. The Balaban J connectivity index is 0. The second-order valence-electron chi connectivity index (χ2n) is 0.172. The van der Waals surface area contributed by atoms with E-state index in [4.69, 9.17) is 4.79 Å². The maximum absolute atomic E-state index is 9.06. The van der Waals surface area contributed by atoms with Crippen molar-refractivity contribution in [1.82, 2.24) is 0 Å². The van der Waals surface area contributed by atoms with Crippen LogP contribution < -0.4 is 4.14 Å². The van der Waals surface area contributed by atoms with Crippen LogP contribution >= 0.6 is 0 Å². The molecule has 0 aromatic heterocycles. The molecular formula is CH3Ag2NO. The van der Waals surface area contributed by atoms with Crippen LogP contribution in [0.2, 0.25) is 0 Å². The molecule has 0 spiro atoms. The summed E-state index contributed by atoms with van der Waals surface area (Å²) < 4.78 is 5.37. The van der Waals surface area contributed by atoms with Gasteiger partial charge in [-0.1, -0.05) is 0 Å². The normalized spacial score (nSPS) is 5.80. The van der Waals surface area contributed by atoms with Gasteiger partial charge in [0, 0.05) is 22.4 Å². The maximum atomic E-state index is 9.06. The molecule has 1 radical (unpaired) electrons. The van der Waals surface area contributed by atoms with E-state index in [1.54, 1.807) is 0 Å². The summed E-state index contributed by atoms with van der Waals surface area (Å²) in [6, 6.07) is 0. The average molecular weight is 261 g/mol. The molecule has 2 nitrogen and oxygen atoms in total. The molecule has 0 atom stereocenters. The second kappa shape index (κ2) is 8.92. The van der Waals surface area contributed by atoms with Crippen LogP contribution in [0.4, 0.5) is 0 Å². The topological polar surface area (TPSA) is 43.1 Å². The van der Waals surface area contributed by atoms with Crippen molar-refractivity contribution in [2.24, 2.45) is 4.14 Å². The molecule has 0 rings (SSSR count). The quantitative estimate of drug-likeness (QED) is 0.492. The molecule has 0 aromatic rings. The van der Waals surface area contributed by atoms with Crippen LogP contribution in [0.1, 0.15) is 0 Å². The number of hydrogen-bond acceptors (Lipinski definition) is 2. The minimum absolute atomic E-state index is 0. The first-order chi connectivity index (χ1) is 1.91. The zero-order valence-electron chi connectivity index (χ0n) is 2.17. The second-order valence-corrected chi connectivity index (χ2v) is 1.02. The zero-order chi connectivity index (χ0) is 3.41. The third-order valence-electron chi connectivity index (χ3n) is 0.0410. The number of carbonyl (C=O) groups is 1. The zero-order valence-corrected chi connectivity index (χ0v) is 5.13. The molecule has 5 heavy (non-hydrogen) atoms. The summed E-state index contributed by atoms with van der Waals surface area (Å²) >= 11 is -0.0544. The van der Waals surface area contributed by atoms with E-state index in [1.807, 2.05) is 0 Å². The molecule has 0 heterocycles. The van der Waals surface area contributed by atoms with Gasteiger partial charge in [-0.15, -0.1) is 0 Å². The Hall–Kier alpha value is 1.11. The summed E-state index contributed by atoms with van der Waals surface area (Å²) in [6.07, 6.45) is 0. The third kappa shape index (κ3) is 11.1. The van der Waals surface area contributed by atoms with Crippen molar-refractivity contribution in [3.05, 3.63) is 0 Å². The molecule has 0 fully saturated rings. The first-order valence-electron chi connectivity index (χ1n) is 0.584. The number of rotatable bonds is 1. The van der Waals surface area contributed by atoms with Crippen LogP contribution in [-0.2, 0) is 47.2 Å². The van der Waals surface area contributed by atoms with Gasteiger partial charge in [0.25, 0.3) is 0 Å². The molecule has 0 aliphatic carbocycles. The van der Waals surface area contributed by atoms with E-state index >= 15 is 0 Å². The predicted octanol–water partition coefficient (Wildman–Crippen LogP) is -0.870. The molecule has 0 saturated heterocycles. The molecule has 0 aromatic carbocycles. The first-order valence-corrected chi connectivity index (χ1v) is 2.30. The summed E-state index contributed by atoms with van der Waals surface area (Å²) in [7, 11) is 0. The first kappa shape index (κ1) is 9.45. The molecule has 0 saturated carbocycles. The molecule has 0 unspecified atom stereocenters. The minimum atomic E-state index is -0.0544. The molecule has 0 aliphatic rings. The Kier molecular flexibility index (Phi) is 16.9. The number of hydrogen-bond donors (Lipinski definition) is 1. The third-order valence-corrected chi connectivity index (χ3v) is 0.243. The molecule has 0 bridgehead atoms. The molecule has 2 N–H and O–H groups in total. The van der Waals surface area contributed by atoms with Gasteiger partial charge in [-0.2, -0.15) is 0 Å². The monoisotopic (exact) mass is 259 g/mol. The Morgan fingerprint density at radius 3 is 2.00 bits per heavy atom. The van der Waals surface area contributed by atoms with Gasteiger partial charge in [-0.25, -0.2) is 0 Å². The van der Waals surface area contributed by atoms with Crippen LogP contribution in [0.15, 0.2) is 0 Å². The van der Waals surface area contributed by atoms with E-state index in [9.17, 15) is 0 Å². The van der Waals surface area contributed by atoms with Crippen LogP contribution in [0.3, 0.4) is 0 Å². The Morgan fingerprint density at radius 1 is 1.80 bits per heavy atom. The van der Waals surface area contributed by atoms with E-state index in [1.165, 1.54) is 0 Å². The van der Waals surface area contributed by atoms with E-state index < -0.39 is 0 Å². The molecule has 0 amide bonds. The van der Waals surface area contributed by atoms with E-state index in [0.717, 1.165) is 0 Å². The van der Waals surface area contributed by atoms with Crippen LogP contribution in [0.25, 0.3) is 0 Å². The summed E-state index contributed by atoms with van der Waals surface area (Å²) in [5.74, 6) is 0. The Labute approximate surface area is 55.6 Å². The average Bonchev–Trinajstić information content (AvgIpc) is 1.37. The van der Waals surface area contributed by atoms with Crippen molar-refractivity contribution >= 4 is 4.50 Å². The molecule has 40 valence electrons. The SMILES string of the molecule is [Ag].[NH2][Ag][CH]=O. The number of nitrogens with two attached hydrogens (primary N) is 1. The van der Waals surface area contributed by atoms with Crippen molar-refractivity contribution in [3.8, 4) is 0 Å². The van der Waals surface area contributed by atoms with Crippen molar-refractivity contribution in [2.45, 2.75) is 0 Å². The van der Waals surface area contributed by atoms with Gasteiger partial charge in [0.15, 0.2) is 0 Å². The fourth-order valence-electron chi connectivity index (χ4n) is 0. The van der Waals surface area contributed by atoms with Crippen LogP contribution in [0, 0.1) is 0 Å². The number of carbonyl (C=O) groups excluding carboxylic acids is 1. The Bertz CT molecular complexity index is 23.6. The van der Waals surface area contributed by atoms with Crippen molar-refractivity contribution in [3.63, 3.8) is 0 Å². The van der Waals surface area contributed by atoms with Crippen molar-refractivity contribution in [2.75, 3.05) is 0 Å². The fraction of sp³-hybridized carbons (Fsp3) is 0. The van der Waals surface area contributed by atoms with Gasteiger partial charge in [0.2, 0.25) is 0 Å². The van der Waals surface area contributed by atoms with Crippen molar-refractivity contribution < 1.29 is 47.2 Å². The van der Waals surface area contributed by atoms with Gasteiger partial charge < -0.3 is 0 Å². The van der Waals surface area contributed by atoms with Gasteiger partial charge in [-0.3, -0.25) is 0 Å². The summed E-state index contributed by atoms with van der Waals surface area (Å²) in [5, 5.41) is 0. The molecule has 0 aliphatic heterocycles. The fourth-order valence-corrected chi connectivity index (χ4v) is 0. The van der Waals surface area contributed by atoms with Crippen LogP contribution in [-0.4, -0.2) is 4.50 Å². The van der Waals surface area contributed by atoms with E-state index in [2.05, 4.69) is 4.14 Å². The predicted molar refractivity (Wildman–Crippen MR) is 10.9 cm³/mol. The van der Waals surface area contributed by atoms with Crippen molar-refractivity contribution in [1.29, 1.82) is 0 Å². The van der Waals surface area contributed by atoms with Gasteiger partial charge >= 0.3 is 33.5 Å². The Morgan fingerprint density at radius 2 is 2.00 bits per heavy atom. The van der Waals surface area contributed by atoms with Crippen LogP contribution in [0.5, 0.6) is 0 Å². The van der Waals surface area contributed by atoms with Gasteiger partial charge in [0.05, 0.1) is 0 Å². The van der Waals surface area contributed by atoms with Gasteiger partial charge in [0.1, 0.15) is 0 Å².